The Balaban J connectivity index is 1.76. The number of esters is 2. The standard InChI is InChI=1S/C15H22O4/c1-3-10(2)14(16)18-7-6-11-8-12-4-5-13(9-11)19-15(12)17/h11-13H,2-9H2,1H3. The second-order valence-electron chi connectivity index (χ2n) is 5.55. The Labute approximate surface area is 114 Å². The summed E-state index contributed by atoms with van der Waals surface area (Å²) in [5.41, 5.74) is 0.513. The molecule has 3 atom stereocenters. The number of hydrogen-bond donors (Lipinski definition) is 0. The molecule has 0 N–H and O–H groups in total. The molecule has 2 saturated heterocycles. The Morgan fingerprint density at radius 1 is 1.42 bits per heavy atom. The average Bonchev–Trinajstić information content (AvgIpc) is 2.68. The lowest BCUT2D eigenvalue weighted by Gasteiger charge is -2.22. The van der Waals surface area contributed by atoms with Gasteiger partial charge in [0, 0.05) is 5.57 Å². The van der Waals surface area contributed by atoms with Crippen molar-refractivity contribution in [3.63, 3.8) is 0 Å². The maximum absolute atomic E-state index is 11.6. The van der Waals surface area contributed by atoms with Crippen LogP contribution in [0.3, 0.4) is 0 Å². The Morgan fingerprint density at radius 3 is 2.89 bits per heavy atom. The molecule has 0 spiro atoms. The zero-order valence-electron chi connectivity index (χ0n) is 11.5. The van der Waals surface area contributed by atoms with Crippen LogP contribution in [-0.2, 0) is 19.1 Å². The third kappa shape index (κ3) is 3.58. The first-order valence-corrected chi connectivity index (χ1v) is 7.15. The van der Waals surface area contributed by atoms with Gasteiger partial charge in [0.2, 0.25) is 0 Å². The zero-order valence-corrected chi connectivity index (χ0v) is 11.5. The number of carbonyl (C=O) groups excluding carboxylic acids is 2. The molecule has 106 valence electrons. The molecule has 3 unspecified atom stereocenters. The van der Waals surface area contributed by atoms with Crippen molar-refractivity contribution in [1.29, 1.82) is 0 Å². The summed E-state index contributed by atoms with van der Waals surface area (Å²) in [7, 11) is 0. The average molecular weight is 266 g/mol. The van der Waals surface area contributed by atoms with Crippen LogP contribution in [0.1, 0.15) is 45.4 Å². The van der Waals surface area contributed by atoms with Crippen molar-refractivity contribution in [2.75, 3.05) is 6.61 Å². The van der Waals surface area contributed by atoms with Crippen LogP contribution in [0.2, 0.25) is 0 Å². The van der Waals surface area contributed by atoms with Crippen molar-refractivity contribution in [3.05, 3.63) is 12.2 Å². The molecule has 2 bridgehead atoms. The first-order valence-electron chi connectivity index (χ1n) is 7.15. The van der Waals surface area contributed by atoms with E-state index < -0.39 is 0 Å². The van der Waals surface area contributed by atoms with Crippen molar-refractivity contribution >= 4 is 11.9 Å². The molecule has 1 saturated carbocycles. The molecular weight excluding hydrogens is 244 g/mol. The van der Waals surface area contributed by atoms with Gasteiger partial charge in [-0.25, -0.2) is 4.79 Å². The lowest BCUT2D eigenvalue weighted by Crippen LogP contribution is -2.27. The van der Waals surface area contributed by atoms with E-state index >= 15 is 0 Å². The first kappa shape index (κ1) is 14.1. The Kier molecular flexibility index (Phi) is 4.61. The molecule has 19 heavy (non-hydrogen) atoms. The van der Waals surface area contributed by atoms with E-state index in [0.29, 0.717) is 24.5 Å². The van der Waals surface area contributed by atoms with Gasteiger partial charge in [-0.05, 0) is 44.4 Å². The Morgan fingerprint density at radius 2 is 2.21 bits per heavy atom. The molecule has 0 amide bonds. The smallest absolute Gasteiger partial charge is 0.333 e. The minimum Gasteiger partial charge on any atom is -0.462 e. The highest BCUT2D eigenvalue weighted by atomic mass is 16.5. The van der Waals surface area contributed by atoms with Gasteiger partial charge in [0.05, 0.1) is 12.5 Å². The first-order chi connectivity index (χ1) is 9.10. The molecule has 0 radical (unpaired) electrons. The summed E-state index contributed by atoms with van der Waals surface area (Å²) in [6.45, 7) is 5.96. The van der Waals surface area contributed by atoms with Gasteiger partial charge >= 0.3 is 11.9 Å². The van der Waals surface area contributed by atoms with Gasteiger partial charge in [0.1, 0.15) is 6.10 Å². The molecular formula is C15H22O4. The summed E-state index contributed by atoms with van der Waals surface area (Å²) >= 11 is 0. The van der Waals surface area contributed by atoms with Gasteiger partial charge in [0.15, 0.2) is 0 Å². The quantitative estimate of drug-likeness (QED) is 0.567. The maximum atomic E-state index is 11.6. The molecule has 0 aromatic carbocycles. The molecule has 2 heterocycles. The minimum absolute atomic E-state index is 0.0323. The fraction of sp³-hybridized carbons (Fsp3) is 0.733. The fourth-order valence-corrected chi connectivity index (χ4v) is 2.88. The van der Waals surface area contributed by atoms with Crippen molar-refractivity contribution in [1.82, 2.24) is 0 Å². The molecule has 0 aromatic heterocycles. The lowest BCUT2D eigenvalue weighted by molar-refractivity contribution is -0.158. The second kappa shape index (κ2) is 6.22. The van der Waals surface area contributed by atoms with Crippen LogP contribution in [0.15, 0.2) is 12.2 Å². The maximum Gasteiger partial charge on any atom is 0.333 e. The van der Waals surface area contributed by atoms with Gasteiger partial charge in [-0.2, -0.15) is 0 Å². The topological polar surface area (TPSA) is 52.6 Å². The summed E-state index contributed by atoms with van der Waals surface area (Å²) < 4.78 is 10.6. The van der Waals surface area contributed by atoms with Gasteiger partial charge in [-0.15, -0.1) is 0 Å². The Hall–Kier alpha value is -1.32. The van der Waals surface area contributed by atoms with E-state index in [0.717, 1.165) is 32.1 Å². The normalized spacial score (nSPS) is 29.5. The van der Waals surface area contributed by atoms with Gasteiger partial charge in [-0.3, -0.25) is 4.79 Å². The summed E-state index contributed by atoms with van der Waals surface area (Å²) in [5, 5.41) is 0. The molecule has 3 aliphatic rings. The van der Waals surface area contributed by atoms with Crippen LogP contribution in [0, 0.1) is 11.8 Å². The predicted molar refractivity (Wildman–Crippen MR) is 70.3 cm³/mol. The number of ether oxygens (including phenoxy) is 2. The van der Waals surface area contributed by atoms with Crippen LogP contribution in [-0.4, -0.2) is 24.6 Å². The molecule has 0 aromatic rings. The highest BCUT2D eigenvalue weighted by Gasteiger charge is 2.37. The molecule has 2 aliphatic heterocycles. The van der Waals surface area contributed by atoms with Crippen LogP contribution in [0.4, 0.5) is 0 Å². The number of rotatable bonds is 5. The highest BCUT2D eigenvalue weighted by molar-refractivity contribution is 5.87. The third-order valence-electron chi connectivity index (χ3n) is 4.14. The van der Waals surface area contributed by atoms with Gasteiger partial charge in [0.25, 0.3) is 0 Å². The fourth-order valence-electron chi connectivity index (χ4n) is 2.88. The van der Waals surface area contributed by atoms with Gasteiger partial charge in [-0.1, -0.05) is 13.5 Å². The van der Waals surface area contributed by atoms with Crippen LogP contribution in [0.5, 0.6) is 0 Å². The van der Waals surface area contributed by atoms with Crippen molar-refractivity contribution < 1.29 is 19.1 Å². The van der Waals surface area contributed by atoms with Crippen molar-refractivity contribution in [2.24, 2.45) is 11.8 Å². The molecule has 3 rings (SSSR count). The number of fused-ring (bicyclic) bond motifs is 4. The van der Waals surface area contributed by atoms with Gasteiger partial charge < -0.3 is 9.47 Å². The third-order valence-corrected chi connectivity index (χ3v) is 4.14. The molecule has 4 heteroatoms. The van der Waals surface area contributed by atoms with Crippen LogP contribution in [0.25, 0.3) is 0 Å². The van der Waals surface area contributed by atoms with Crippen LogP contribution >= 0.6 is 0 Å². The largest absolute Gasteiger partial charge is 0.462 e. The van der Waals surface area contributed by atoms with Crippen LogP contribution < -0.4 is 0 Å². The number of carbonyl (C=O) groups is 2. The molecule has 1 aliphatic carbocycles. The van der Waals surface area contributed by atoms with E-state index in [1.807, 2.05) is 6.92 Å². The molecule has 3 fully saturated rings. The minimum atomic E-state index is -0.300. The molecule has 4 nitrogen and oxygen atoms in total. The van der Waals surface area contributed by atoms with Crippen molar-refractivity contribution in [2.45, 2.75) is 51.6 Å². The van der Waals surface area contributed by atoms with Crippen molar-refractivity contribution in [3.8, 4) is 0 Å². The summed E-state index contributed by atoms with van der Waals surface area (Å²) in [5.74, 6) is 0.151. The second-order valence-corrected chi connectivity index (χ2v) is 5.55. The van der Waals surface area contributed by atoms with E-state index in [-0.39, 0.29) is 24.0 Å². The lowest BCUT2D eigenvalue weighted by atomic mass is 9.92. The van der Waals surface area contributed by atoms with E-state index in [4.69, 9.17) is 9.47 Å². The zero-order chi connectivity index (χ0) is 13.8. The summed E-state index contributed by atoms with van der Waals surface area (Å²) in [6.07, 6.45) is 5.24. The monoisotopic (exact) mass is 266 g/mol. The Bertz CT molecular complexity index is 374. The number of hydrogen-bond acceptors (Lipinski definition) is 4. The van der Waals surface area contributed by atoms with E-state index in [9.17, 15) is 9.59 Å². The van der Waals surface area contributed by atoms with E-state index in [1.54, 1.807) is 0 Å². The SMILES string of the molecule is C=C(CC)C(=O)OCCC1CC2CCC(C1)C(=O)O2. The van der Waals surface area contributed by atoms with E-state index in [1.165, 1.54) is 0 Å². The van der Waals surface area contributed by atoms with E-state index in [2.05, 4.69) is 6.58 Å². The summed E-state index contributed by atoms with van der Waals surface area (Å²) in [4.78, 5) is 23.1. The predicted octanol–water partition coefficient (Wildman–Crippen LogP) is 2.62. The summed E-state index contributed by atoms with van der Waals surface area (Å²) in [6, 6.07) is 0. The highest BCUT2D eigenvalue weighted by Crippen LogP contribution is 2.36.